The van der Waals surface area contributed by atoms with Gasteiger partial charge in [-0.1, -0.05) is 26.7 Å². The maximum atomic E-state index is 6.38. The minimum Gasteiger partial charge on any atom is -0.474 e. The molecule has 1 unspecified atom stereocenters. The van der Waals surface area contributed by atoms with Gasteiger partial charge in [0.25, 0.3) is 0 Å². The SMILES string of the molecule is CCC(CC)C(Cl)CNc1cncc(OC(C)C)n1. The van der Waals surface area contributed by atoms with Crippen LogP contribution in [-0.4, -0.2) is 28.0 Å². The van der Waals surface area contributed by atoms with Gasteiger partial charge in [-0.2, -0.15) is 4.98 Å². The highest BCUT2D eigenvalue weighted by molar-refractivity contribution is 6.21. The predicted molar refractivity (Wildman–Crippen MR) is 80.0 cm³/mol. The number of ether oxygens (including phenoxy) is 1. The number of hydrogen-bond acceptors (Lipinski definition) is 4. The molecule has 1 N–H and O–H groups in total. The van der Waals surface area contributed by atoms with Crippen molar-refractivity contribution in [2.24, 2.45) is 5.92 Å². The molecule has 1 rings (SSSR count). The van der Waals surface area contributed by atoms with Gasteiger partial charge in [0, 0.05) is 6.54 Å². The minimum absolute atomic E-state index is 0.0925. The summed E-state index contributed by atoms with van der Waals surface area (Å²) >= 11 is 6.38. The molecular weight excluding hydrogens is 262 g/mol. The molecule has 0 amide bonds. The number of alkyl halides is 1. The molecule has 108 valence electrons. The zero-order chi connectivity index (χ0) is 14.3. The molecule has 1 heterocycles. The van der Waals surface area contributed by atoms with Gasteiger partial charge in [0.15, 0.2) is 0 Å². The third kappa shape index (κ3) is 5.64. The molecule has 0 saturated heterocycles. The highest BCUT2D eigenvalue weighted by atomic mass is 35.5. The second-order valence-electron chi connectivity index (χ2n) is 4.88. The van der Waals surface area contributed by atoms with Gasteiger partial charge in [0.1, 0.15) is 5.82 Å². The third-order valence-electron chi connectivity index (χ3n) is 3.01. The van der Waals surface area contributed by atoms with E-state index in [1.165, 1.54) is 0 Å². The quantitative estimate of drug-likeness (QED) is 0.740. The van der Waals surface area contributed by atoms with E-state index in [0.717, 1.165) is 12.8 Å². The molecule has 1 atom stereocenters. The summed E-state index contributed by atoms with van der Waals surface area (Å²) in [5.74, 6) is 1.76. The Morgan fingerprint density at radius 2 is 1.95 bits per heavy atom. The first-order valence-corrected chi connectivity index (χ1v) is 7.37. The van der Waals surface area contributed by atoms with Crippen molar-refractivity contribution in [3.8, 4) is 5.88 Å². The molecule has 0 aliphatic heterocycles. The minimum atomic E-state index is 0.0925. The number of halogens is 1. The molecule has 4 nitrogen and oxygen atoms in total. The number of hydrogen-bond donors (Lipinski definition) is 1. The molecule has 5 heteroatoms. The Bertz CT molecular complexity index is 369. The van der Waals surface area contributed by atoms with Crippen LogP contribution in [0.25, 0.3) is 0 Å². The topological polar surface area (TPSA) is 47.0 Å². The molecule has 0 fully saturated rings. The molecule has 0 bridgehead atoms. The van der Waals surface area contributed by atoms with E-state index in [2.05, 4.69) is 29.1 Å². The third-order valence-corrected chi connectivity index (χ3v) is 3.52. The van der Waals surface area contributed by atoms with Gasteiger partial charge in [-0.25, -0.2) is 0 Å². The molecule has 1 aromatic rings. The molecular formula is C14H24ClN3O. The molecule has 19 heavy (non-hydrogen) atoms. The van der Waals surface area contributed by atoms with Crippen LogP contribution in [0.5, 0.6) is 5.88 Å². The first kappa shape index (κ1) is 16.0. The fraction of sp³-hybridized carbons (Fsp3) is 0.714. The van der Waals surface area contributed by atoms with Crippen LogP contribution in [-0.2, 0) is 0 Å². The van der Waals surface area contributed by atoms with Crippen molar-refractivity contribution >= 4 is 17.4 Å². The lowest BCUT2D eigenvalue weighted by atomic mass is 9.99. The van der Waals surface area contributed by atoms with Gasteiger partial charge >= 0.3 is 0 Å². The Hall–Kier alpha value is -1.03. The van der Waals surface area contributed by atoms with E-state index in [9.17, 15) is 0 Å². The summed E-state index contributed by atoms with van der Waals surface area (Å²) in [7, 11) is 0. The lowest BCUT2D eigenvalue weighted by Gasteiger charge is -2.19. The monoisotopic (exact) mass is 285 g/mol. The van der Waals surface area contributed by atoms with E-state index in [1.54, 1.807) is 12.4 Å². The maximum absolute atomic E-state index is 6.38. The van der Waals surface area contributed by atoms with Crippen molar-refractivity contribution in [2.75, 3.05) is 11.9 Å². The van der Waals surface area contributed by atoms with Crippen molar-refractivity contribution in [3.05, 3.63) is 12.4 Å². The van der Waals surface area contributed by atoms with Gasteiger partial charge < -0.3 is 10.1 Å². The molecule has 0 aromatic carbocycles. The van der Waals surface area contributed by atoms with E-state index >= 15 is 0 Å². The number of anilines is 1. The van der Waals surface area contributed by atoms with E-state index in [4.69, 9.17) is 16.3 Å². The zero-order valence-electron chi connectivity index (χ0n) is 12.2. The van der Waals surface area contributed by atoms with Crippen molar-refractivity contribution in [2.45, 2.75) is 52.0 Å². The average Bonchev–Trinajstić information content (AvgIpc) is 2.37. The first-order chi connectivity index (χ1) is 9.06. The average molecular weight is 286 g/mol. The molecule has 1 aromatic heterocycles. The smallest absolute Gasteiger partial charge is 0.234 e. The van der Waals surface area contributed by atoms with Crippen molar-refractivity contribution in [1.82, 2.24) is 9.97 Å². The number of nitrogens with one attached hydrogen (secondary N) is 1. The highest BCUT2D eigenvalue weighted by Gasteiger charge is 2.15. The number of rotatable bonds is 8. The van der Waals surface area contributed by atoms with Crippen LogP contribution in [0.3, 0.4) is 0 Å². The van der Waals surface area contributed by atoms with Crippen LogP contribution in [0.15, 0.2) is 12.4 Å². The predicted octanol–water partition coefficient (Wildman–Crippen LogP) is 3.72. The molecule has 0 spiro atoms. The van der Waals surface area contributed by atoms with Gasteiger partial charge in [-0.05, 0) is 19.8 Å². The first-order valence-electron chi connectivity index (χ1n) is 6.93. The van der Waals surface area contributed by atoms with Gasteiger partial charge in [0.05, 0.1) is 23.9 Å². The Morgan fingerprint density at radius 3 is 2.53 bits per heavy atom. The van der Waals surface area contributed by atoms with Crippen LogP contribution >= 0.6 is 11.6 Å². The van der Waals surface area contributed by atoms with E-state index < -0.39 is 0 Å². The highest BCUT2D eigenvalue weighted by Crippen LogP contribution is 2.19. The number of nitrogens with zero attached hydrogens (tertiary/aromatic N) is 2. The Balaban J connectivity index is 2.53. The maximum Gasteiger partial charge on any atom is 0.234 e. The summed E-state index contributed by atoms with van der Waals surface area (Å²) in [5, 5.41) is 3.32. The second kappa shape index (κ2) is 8.20. The standard InChI is InChI=1S/C14H24ClN3O/c1-5-11(6-2)12(15)7-17-13-8-16-9-14(18-13)19-10(3)4/h8-12H,5-7H2,1-4H3,(H,17,18). The van der Waals surface area contributed by atoms with E-state index in [1.807, 2.05) is 13.8 Å². The van der Waals surface area contributed by atoms with Crippen molar-refractivity contribution in [1.29, 1.82) is 0 Å². The Labute approximate surface area is 120 Å². The molecule has 0 aliphatic carbocycles. The summed E-state index contributed by atoms with van der Waals surface area (Å²) < 4.78 is 5.50. The fourth-order valence-corrected chi connectivity index (χ4v) is 2.33. The van der Waals surface area contributed by atoms with Crippen molar-refractivity contribution < 1.29 is 4.74 Å². The summed E-state index contributed by atoms with van der Waals surface area (Å²) in [4.78, 5) is 8.45. The second-order valence-corrected chi connectivity index (χ2v) is 5.44. The van der Waals surface area contributed by atoms with Gasteiger partial charge in [0.2, 0.25) is 5.88 Å². The molecule has 0 saturated carbocycles. The van der Waals surface area contributed by atoms with Crippen LogP contribution in [0.1, 0.15) is 40.5 Å². The Kier molecular flexibility index (Phi) is 6.92. The summed E-state index contributed by atoms with van der Waals surface area (Å²) in [6.45, 7) is 8.95. The normalized spacial score (nSPS) is 12.8. The summed E-state index contributed by atoms with van der Waals surface area (Å²) in [6.07, 6.45) is 5.58. The lowest BCUT2D eigenvalue weighted by molar-refractivity contribution is 0.232. The van der Waals surface area contributed by atoms with Crippen LogP contribution in [0.2, 0.25) is 0 Å². The summed E-state index contributed by atoms with van der Waals surface area (Å²) in [5.41, 5.74) is 0. The van der Waals surface area contributed by atoms with Crippen LogP contribution in [0.4, 0.5) is 5.82 Å². The van der Waals surface area contributed by atoms with Gasteiger partial charge in [-0.3, -0.25) is 4.98 Å². The fourth-order valence-electron chi connectivity index (χ4n) is 1.90. The lowest BCUT2D eigenvalue weighted by Crippen LogP contribution is -2.23. The number of aromatic nitrogens is 2. The summed E-state index contributed by atoms with van der Waals surface area (Å²) in [6, 6.07) is 0. The Morgan fingerprint density at radius 1 is 1.26 bits per heavy atom. The van der Waals surface area contributed by atoms with Crippen LogP contribution in [0, 0.1) is 5.92 Å². The molecule has 0 radical (unpaired) electrons. The van der Waals surface area contributed by atoms with Gasteiger partial charge in [-0.15, -0.1) is 11.6 Å². The largest absolute Gasteiger partial charge is 0.474 e. The zero-order valence-corrected chi connectivity index (χ0v) is 12.9. The van der Waals surface area contributed by atoms with Crippen molar-refractivity contribution in [3.63, 3.8) is 0 Å². The molecule has 0 aliphatic rings. The van der Waals surface area contributed by atoms with Crippen LogP contribution < -0.4 is 10.1 Å². The van der Waals surface area contributed by atoms with E-state index in [0.29, 0.717) is 24.2 Å². The van der Waals surface area contributed by atoms with E-state index in [-0.39, 0.29) is 11.5 Å².